The minimum Gasteiger partial charge on any atom is -0.497 e. The van der Waals surface area contributed by atoms with Gasteiger partial charge < -0.3 is 15.3 Å². The maximum Gasteiger partial charge on any atom is 0.262 e. The molecule has 2 atom stereocenters. The van der Waals surface area contributed by atoms with Gasteiger partial charge in [-0.15, -0.1) is 23.1 Å². The summed E-state index contributed by atoms with van der Waals surface area (Å²) in [5, 5.41) is 17.0. The van der Waals surface area contributed by atoms with Crippen LogP contribution in [0.5, 0.6) is 5.75 Å². The molecule has 38 heavy (non-hydrogen) atoms. The highest BCUT2D eigenvalue weighted by Crippen LogP contribution is 2.45. The standard InChI is InChI=1S/C31H30N2O3S2/c1-20(22-11-7-4-8-12-22)32-30(34)29-26-17-24(23-13-15-25(36-2)16-14-23)18-27(33-35)28(26)31(38-29)37-19-21-9-5-3-6-10-21/h3-16,20,24,35H,17-19H2,1-2H3,(H,32,34)/b33-27+/t20-,24?/m1/s1. The molecule has 0 saturated heterocycles. The number of nitrogens with zero attached hydrogens (tertiary/aromatic N) is 1. The molecule has 5 rings (SSSR count). The van der Waals surface area contributed by atoms with Crippen LogP contribution >= 0.6 is 23.1 Å². The highest BCUT2D eigenvalue weighted by molar-refractivity contribution is 8.00. The number of hydrogen-bond donors (Lipinski definition) is 2. The molecule has 0 bridgehead atoms. The highest BCUT2D eigenvalue weighted by atomic mass is 32.2. The van der Waals surface area contributed by atoms with E-state index in [9.17, 15) is 10.0 Å². The summed E-state index contributed by atoms with van der Waals surface area (Å²) in [6.07, 6.45) is 1.30. The van der Waals surface area contributed by atoms with E-state index in [1.807, 2.05) is 67.6 Å². The number of methoxy groups -OCH3 is 1. The number of rotatable bonds is 8. The fourth-order valence-electron chi connectivity index (χ4n) is 4.88. The van der Waals surface area contributed by atoms with E-state index >= 15 is 0 Å². The van der Waals surface area contributed by atoms with E-state index < -0.39 is 0 Å². The molecule has 0 aliphatic heterocycles. The molecule has 0 radical (unpaired) electrons. The molecule has 2 N–H and O–H groups in total. The van der Waals surface area contributed by atoms with Gasteiger partial charge in [0.25, 0.3) is 5.91 Å². The van der Waals surface area contributed by atoms with Crippen molar-refractivity contribution in [3.05, 3.63) is 118 Å². The molecule has 5 nitrogen and oxygen atoms in total. The van der Waals surface area contributed by atoms with Gasteiger partial charge in [-0.3, -0.25) is 4.79 Å². The zero-order chi connectivity index (χ0) is 26.5. The van der Waals surface area contributed by atoms with Crippen LogP contribution in [-0.4, -0.2) is 23.9 Å². The van der Waals surface area contributed by atoms with Crippen LogP contribution in [-0.2, 0) is 12.2 Å². The largest absolute Gasteiger partial charge is 0.497 e. The number of thioether (sulfide) groups is 1. The second kappa shape index (κ2) is 11.9. The normalized spacial score (nSPS) is 16.6. The maximum absolute atomic E-state index is 13.7. The molecule has 0 saturated carbocycles. The second-order valence-electron chi connectivity index (χ2n) is 9.38. The third-order valence-corrected chi connectivity index (χ3v) is 9.50. The van der Waals surface area contributed by atoms with Crippen LogP contribution in [0.3, 0.4) is 0 Å². The van der Waals surface area contributed by atoms with E-state index in [0.717, 1.165) is 38.0 Å². The number of amides is 1. The Hall–Kier alpha value is -3.55. The van der Waals surface area contributed by atoms with Crippen molar-refractivity contribution < 1.29 is 14.7 Å². The molecule has 1 unspecified atom stereocenters. The number of thiophene rings is 1. The first-order valence-corrected chi connectivity index (χ1v) is 14.4. The molecule has 1 amide bonds. The van der Waals surface area contributed by atoms with Gasteiger partial charge in [-0.05, 0) is 53.6 Å². The van der Waals surface area contributed by atoms with Crippen molar-refractivity contribution >= 4 is 34.7 Å². The molecule has 1 aromatic heterocycles. The minimum absolute atomic E-state index is 0.0955. The number of carbonyl (C=O) groups is 1. The Morgan fingerprint density at radius 3 is 2.39 bits per heavy atom. The molecule has 3 aromatic carbocycles. The molecular formula is C31H30N2O3S2. The van der Waals surface area contributed by atoms with Crippen molar-refractivity contribution in [2.24, 2.45) is 5.16 Å². The molecular weight excluding hydrogens is 512 g/mol. The average Bonchev–Trinajstić information content (AvgIpc) is 3.35. The molecule has 194 valence electrons. The summed E-state index contributed by atoms with van der Waals surface area (Å²) in [4.78, 5) is 14.4. The lowest BCUT2D eigenvalue weighted by atomic mass is 9.80. The fourth-order valence-corrected chi connectivity index (χ4v) is 7.41. The van der Waals surface area contributed by atoms with Gasteiger partial charge in [0.15, 0.2) is 0 Å². The maximum atomic E-state index is 13.7. The van der Waals surface area contributed by atoms with Crippen LogP contribution < -0.4 is 10.1 Å². The van der Waals surface area contributed by atoms with Gasteiger partial charge >= 0.3 is 0 Å². The number of oxime groups is 1. The van der Waals surface area contributed by atoms with E-state index in [0.29, 0.717) is 23.4 Å². The van der Waals surface area contributed by atoms with Gasteiger partial charge in [-0.25, -0.2) is 0 Å². The molecule has 1 aliphatic rings. The number of carbonyl (C=O) groups excluding carboxylic acids is 1. The highest BCUT2D eigenvalue weighted by Gasteiger charge is 2.34. The predicted molar refractivity (Wildman–Crippen MR) is 155 cm³/mol. The number of fused-ring (bicyclic) bond motifs is 1. The SMILES string of the molecule is COc1ccc(C2C/C(=N\O)c3c(SCc4ccccc4)sc(C(=O)N[C@H](C)c4ccccc4)c3C2)cc1. The summed E-state index contributed by atoms with van der Waals surface area (Å²) >= 11 is 3.19. The molecule has 7 heteroatoms. The Balaban J connectivity index is 1.49. The van der Waals surface area contributed by atoms with Crippen molar-refractivity contribution in [2.45, 2.75) is 41.7 Å². The summed E-state index contributed by atoms with van der Waals surface area (Å²) in [5.41, 5.74) is 5.90. The third kappa shape index (κ3) is 5.64. The third-order valence-electron chi connectivity index (χ3n) is 6.93. The zero-order valence-electron chi connectivity index (χ0n) is 21.4. The van der Waals surface area contributed by atoms with Gasteiger partial charge in [0, 0.05) is 17.7 Å². The summed E-state index contributed by atoms with van der Waals surface area (Å²) < 4.78 is 6.34. The average molecular weight is 543 g/mol. The smallest absolute Gasteiger partial charge is 0.262 e. The Morgan fingerprint density at radius 1 is 1.05 bits per heavy atom. The van der Waals surface area contributed by atoms with Crippen LogP contribution in [0.4, 0.5) is 0 Å². The quantitative estimate of drug-likeness (QED) is 0.138. The number of benzene rings is 3. The van der Waals surface area contributed by atoms with Crippen molar-refractivity contribution in [3.8, 4) is 5.75 Å². The topological polar surface area (TPSA) is 70.9 Å². The van der Waals surface area contributed by atoms with Crippen LogP contribution in [0.25, 0.3) is 0 Å². The lowest BCUT2D eigenvalue weighted by molar-refractivity contribution is 0.0943. The lowest BCUT2D eigenvalue weighted by Gasteiger charge is -2.25. The first kappa shape index (κ1) is 26.1. The van der Waals surface area contributed by atoms with E-state index in [4.69, 9.17) is 4.74 Å². The van der Waals surface area contributed by atoms with Gasteiger partial charge in [-0.1, -0.05) is 78.0 Å². The van der Waals surface area contributed by atoms with Crippen LogP contribution in [0.15, 0.2) is 94.3 Å². The Morgan fingerprint density at radius 2 is 1.74 bits per heavy atom. The van der Waals surface area contributed by atoms with Gasteiger partial charge in [0.2, 0.25) is 0 Å². The Kier molecular flexibility index (Phi) is 8.15. The van der Waals surface area contributed by atoms with Gasteiger partial charge in [-0.2, -0.15) is 0 Å². The number of hydrogen-bond acceptors (Lipinski definition) is 6. The second-order valence-corrected chi connectivity index (χ2v) is 11.6. The van der Waals surface area contributed by atoms with Crippen molar-refractivity contribution in [2.75, 3.05) is 7.11 Å². The van der Waals surface area contributed by atoms with E-state index in [1.165, 1.54) is 16.9 Å². The molecule has 0 fully saturated rings. The molecule has 0 spiro atoms. The van der Waals surface area contributed by atoms with E-state index in [2.05, 4.69) is 34.7 Å². The predicted octanol–water partition coefficient (Wildman–Crippen LogP) is 7.45. The fraction of sp³-hybridized carbons (Fsp3) is 0.226. The Bertz CT molecular complexity index is 1420. The van der Waals surface area contributed by atoms with Crippen LogP contribution in [0.2, 0.25) is 0 Å². The van der Waals surface area contributed by atoms with Gasteiger partial charge in [0.1, 0.15) is 5.75 Å². The van der Waals surface area contributed by atoms with Gasteiger partial charge in [0.05, 0.1) is 27.9 Å². The van der Waals surface area contributed by atoms with Crippen molar-refractivity contribution in [1.82, 2.24) is 5.32 Å². The summed E-state index contributed by atoms with van der Waals surface area (Å²) in [6.45, 7) is 2.00. The zero-order valence-corrected chi connectivity index (χ0v) is 23.0. The number of nitrogens with one attached hydrogen (secondary N) is 1. The van der Waals surface area contributed by atoms with E-state index in [-0.39, 0.29) is 17.9 Å². The first-order valence-electron chi connectivity index (χ1n) is 12.6. The summed E-state index contributed by atoms with van der Waals surface area (Å²) in [7, 11) is 1.65. The van der Waals surface area contributed by atoms with Crippen molar-refractivity contribution in [3.63, 3.8) is 0 Å². The Labute approximate surface area is 231 Å². The minimum atomic E-state index is -0.131. The number of ether oxygens (including phenoxy) is 1. The molecule has 4 aromatic rings. The molecule has 1 aliphatic carbocycles. The molecule has 1 heterocycles. The summed E-state index contributed by atoms with van der Waals surface area (Å²) in [5.74, 6) is 1.57. The van der Waals surface area contributed by atoms with E-state index in [1.54, 1.807) is 18.9 Å². The summed E-state index contributed by atoms with van der Waals surface area (Å²) in [6, 6.07) is 28.1. The lowest BCUT2D eigenvalue weighted by Crippen LogP contribution is -2.28. The van der Waals surface area contributed by atoms with Crippen LogP contribution in [0, 0.1) is 0 Å². The monoisotopic (exact) mass is 542 g/mol. The van der Waals surface area contributed by atoms with Crippen LogP contribution in [0.1, 0.15) is 62.8 Å². The van der Waals surface area contributed by atoms with Crippen molar-refractivity contribution in [1.29, 1.82) is 0 Å². The first-order chi connectivity index (χ1) is 18.6.